The van der Waals surface area contributed by atoms with Crippen molar-refractivity contribution < 1.29 is 19.1 Å². The van der Waals surface area contributed by atoms with Crippen molar-refractivity contribution in [3.05, 3.63) is 63.1 Å². The van der Waals surface area contributed by atoms with Crippen LogP contribution in [0.1, 0.15) is 25.3 Å². The molecule has 0 atom stereocenters. The maximum Gasteiger partial charge on any atom is 0.338 e. The number of ether oxygens (including phenoxy) is 2. The standard InChI is InChI=1S/C17H20N6O4/c1-3-26-16(24)12-11(9-7-5-6-8-10(9)22-23-20)13(17(25)27-4-2)15(19)21-14(12)18/h5-8,11,21H,3-4,18-19H2,1-2H3. The van der Waals surface area contributed by atoms with E-state index in [2.05, 4.69) is 15.3 Å². The molecular formula is C17H20N6O4. The largest absolute Gasteiger partial charge is 0.463 e. The normalized spacial score (nSPS) is 14.3. The molecule has 0 amide bonds. The molecular weight excluding hydrogens is 352 g/mol. The van der Waals surface area contributed by atoms with Gasteiger partial charge in [0.1, 0.15) is 11.6 Å². The molecule has 0 aromatic heterocycles. The monoisotopic (exact) mass is 372 g/mol. The van der Waals surface area contributed by atoms with Gasteiger partial charge in [0, 0.05) is 10.6 Å². The molecule has 2 rings (SSSR count). The summed E-state index contributed by atoms with van der Waals surface area (Å²) in [6.45, 7) is 3.50. The molecule has 27 heavy (non-hydrogen) atoms. The summed E-state index contributed by atoms with van der Waals surface area (Å²) in [5.41, 5.74) is 21.4. The molecule has 1 aliphatic rings. The molecule has 5 N–H and O–H groups in total. The number of azide groups is 1. The van der Waals surface area contributed by atoms with Crippen molar-refractivity contribution in [2.45, 2.75) is 19.8 Å². The lowest BCUT2D eigenvalue weighted by molar-refractivity contribution is -0.139. The van der Waals surface area contributed by atoms with Crippen LogP contribution in [0.15, 0.2) is 52.2 Å². The fraction of sp³-hybridized carbons (Fsp3) is 0.294. The SMILES string of the molecule is CCOC(=O)C1=C(N)NC(N)=C(C(=O)OCC)C1c1ccccc1N=[N+]=[N-]. The molecule has 1 aromatic rings. The van der Waals surface area contributed by atoms with Crippen LogP contribution in [-0.2, 0) is 19.1 Å². The van der Waals surface area contributed by atoms with Crippen LogP contribution in [0.4, 0.5) is 5.69 Å². The number of carbonyl (C=O) groups is 2. The molecule has 1 aliphatic heterocycles. The van der Waals surface area contributed by atoms with Crippen LogP contribution in [0.2, 0.25) is 0 Å². The van der Waals surface area contributed by atoms with Crippen molar-refractivity contribution in [2.24, 2.45) is 16.6 Å². The number of hydrogen-bond acceptors (Lipinski definition) is 8. The second-order valence-corrected chi connectivity index (χ2v) is 5.40. The molecule has 0 fully saturated rings. The van der Waals surface area contributed by atoms with E-state index in [4.69, 9.17) is 26.5 Å². The first-order valence-electron chi connectivity index (χ1n) is 8.20. The predicted octanol–water partition coefficient (Wildman–Crippen LogP) is 1.78. The number of benzene rings is 1. The highest BCUT2D eigenvalue weighted by atomic mass is 16.5. The van der Waals surface area contributed by atoms with Gasteiger partial charge in [-0.25, -0.2) is 9.59 Å². The van der Waals surface area contributed by atoms with Gasteiger partial charge in [0.05, 0.1) is 30.3 Å². The zero-order valence-electron chi connectivity index (χ0n) is 14.9. The number of nitrogens with one attached hydrogen (secondary N) is 1. The van der Waals surface area contributed by atoms with Crippen LogP contribution in [0.3, 0.4) is 0 Å². The summed E-state index contributed by atoms with van der Waals surface area (Å²) in [6, 6.07) is 6.49. The Balaban J connectivity index is 2.75. The molecule has 142 valence electrons. The van der Waals surface area contributed by atoms with Crippen LogP contribution in [-0.4, -0.2) is 25.2 Å². The third kappa shape index (κ3) is 3.96. The van der Waals surface area contributed by atoms with Gasteiger partial charge in [-0.05, 0) is 24.9 Å². The van der Waals surface area contributed by atoms with Gasteiger partial charge in [0.2, 0.25) is 0 Å². The Hall–Kier alpha value is -3.65. The molecule has 10 heteroatoms. The van der Waals surface area contributed by atoms with Gasteiger partial charge < -0.3 is 26.3 Å². The summed E-state index contributed by atoms with van der Waals surface area (Å²) in [7, 11) is 0. The van der Waals surface area contributed by atoms with Gasteiger partial charge in [-0.3, -0.25) is 0 Å². The van der Waals surface area contributed by atoms with Gasteiger partial charge >= 0.3 is 11.9 Å². The van der Waals surface area contributed by atoms with Crippen LogP contribution in [0.5, 0.6) is 0 Å². The number of hydrogen-bond donors (Lipinski definition) is 3. The van der Waals surface area contributed by atoms with E-state index in [0.717, 1.165) is 0 Å². The quantitative estimate of drug-likeness (QED) is 0.296. The Bertz CT molecular complexity index is 830. The molecule has 0 saturated heterocycles. The summed E-state index contributed by atoms with van der Waals surface area (Å²) in [4.78, 5) is 27.9. The minimum Gasteiger partial charge on any atom is -0.463 e. The summed E-state index contributed by atoms with van der Waals surface area (Å²) < 4.78 is 10.2. The first-order valence-corrected chi connectivity index (χ1v) is 8.20. The molecule has 1 heterocycles. The minimum absolute atomic E-state index is 0.0188. The van der Waals surface area contributed by atoms with Crippen molar-refractivity contribution in [1.82, 2.24) is 5.32 Å². The van der Waals surface area contributed by atoms with E-state index >= 15 is 0 Å². The third-order valence-electron chi connectivity index (χ3n) is 3.82. The van der Waals surface area contributed by atoms with E-state index in [1.807, 2.05) is 0 Å². The third-order valence-corrected chi connectivity index (χ3v) is 3.82. The Kier molecular flexibility index (Phi) is 6.29. The van der Waals surface area contributed by atoms with Crippen molar-refractivity contribution in [3.8, 4) is 0 Å². The Morgan fingerprint density at radius 2 is 1.63 bits per heavy atom. The second-order valence-electron chi connectivity index (χ2n) is 5.40. The summed E-state index contributed by atoms with van der Waals surface area (Å²) in [5.74, 6) is -2.58. The fourth-order valence-electron chi connectivity index (χ4n) is 2.79. The fourth-order valence-corrected chi connectivity index (χ4v) is 2.79. The number of carbonyl (C=O) groups excluding carboxylic acids is 2. The van der Waals surface area contributed by atoms with Crippen LogP contribution < -0.4 is 16.8 Å². The lowest BCUT2D eigenvalue weighted by atomic mass is 9.81. The molecule has 0 bridgehead atoms. The Morgan fingerprint density at radius 3 is 2.11 bits per heavy atom. The van der Waals surface area contributed by atoms with Crippen molar-refractivity contribution in [1.29, 1.82) is 0 Å². The smallest absolute Gasteiger partial charge is 0.338 e. The Labute approximate surface area is 155 Å². The molecule has 0 unspecified atom stereocenters. The van der Waals surface area contributed by atoms with Crippen LogP contribution in [0.25, 0.3) is 10.4 Å². The summed E-state index contributed by atoms with van der Waals surface area (Å²) in [5, 5.41) is 6.26. The molecule has 0 spiro atoms. The van der Waals surface area contributed by atoms with Gasteiger partial charge in [-0.2, -0.15) is 0 Å². The maximum atomic E-state index is 12.6. The minimum atomic E-state index is -1.02. The molecule has 10 nitrogen and oxygen atoms in total. The van der Waals surface area contributed by atoms with Crippen LogP contribution >= 0.6 is 0 Å². The number of nitrogens with two attached hydrogens (primary N) is 2. The zero-order chi connectivity index (χ0) is 20.0. The number of nitrogens with zero attached hydrogens (tertiary/aromatic N) is 3. The number of esters is 2. The van der Waals surface area contributed by atoms with E-state index in [-0.39, 0.29) is 41.7 Å². The lowest BCUT2D eigenvalue weighted by Gasteiger charge is -2.30. The van der Waals surface area contributed by atoms with E-state index in [0.29, 0.717) is 5.56 Å². The average Bonchev–Trinajstić information content (AvgIpc) is 2.62. The topological polar surface area (TPSA) is 165 Å². The van der Waals surface area contributed by atoms with E-state index < -0.39 is 17.9 Å². The van der Waals surface area contributed by atoms with Gasteiger partial charge in [-0.15, -0.1) is 0 Å². The van der Waals surface area contributed by atoms with E-state index in [9.17, 15) is 9.59 Å². The lowest BCUT2D eigenvalue weighted by Crippen LogP contribution is -2.39. The summed E-state index contributed by atoms with van der Waals surface area (Å²) >= 11 is 0. The van der Waals surface area contributed by atoms with Gasteiger partial charge in [-0.1, -0.05) is 29.4 Å². The first kappa shape index (κ1) is 19.7. The summed E-state index contributed by atoms with van der Waals surface area (Å²) in [6.07, 6.45) is 0. The van der Waals surface area contributed by atoms with E-state index in [1.54, 1.807) is 38.1 Å². The Morgan fingerprint density at radius 1 is 1.11 bits per heavy atom. The highest BCUT2D eigenvalue weighted by molar-refractivity contribution is 6.00. The molecule has 0 aliphatic carbocycles. The van der Waals surface area contributed by atoms with Crippen molar-refractivity contribution >= 4 is 17.6 Å². The zero-order valence-corrected chi connectivity index (χ0v) is 14.9. The van der Waals surface area contributed by atoms with Crippen LogP contribution in [0, 0.1) is 0 Å². The second kappa shape index (κ2) is 8.63. The molecule has 0 saturated carbocycles. The van der Waals surface area contributed by atoms with Crippen molar-refractivity contribution in [2.75, 3.05) is 13.2 Å². The molecule has 1 aromatic carbocycles. The number of rotatable bonds is 6. The van der Waals surface area contributed by atoms with Crippen molar-refractivity contribution in [3.63, 3.8) is 0 Å². The van der Waals surface area contributed by atoms with E-state index in [1.165, 1.54) is 0 Å². The first-order chi connectivity index (χ1) is 13.0. The van der Waals surface area contributed by atoms with Gasteiger partial charge in [0.25, 0.3) is 0 Å². The predicted molar refractivity (Wildman–Crippen MR) is 96.8 cm³/mol. The molecule has 0 radical (unpaired) electrons. The average molecular weight is 372 g/mol. The highest BCUT2D eigenvalue weighted by Gasteiger charge is 2.39. The highest BCUT2D eigenvalue weighted by Crippen LogP contribution is 2.41. The number of dihydropyridines is 1. The van der Waals surface area contributed by atoms with Gasteiger partial charge in [0.15, 0.2) is 0 Å². The maximum absolute atomic E-state index is 12.6.